The Morgan fingerprint density at radius 3 is 2.36 bits per heavy atom. The highest BCUT2D eigenvalue weighted by molar-refractivity contribution is 6.34. The number of halogens is 6. The van der Waals surface area contributed by atoms with E-state index in [1.807, 2.05) is 0 Å². The fourth-order valence-electron chi connectivity index (χ4n) is 2.40. The molecule has 3 nitrogen and oxygen atoms in total. The molecule has 2 aromatic carbocycles. The fourth-order valence-corrected chi connectivity index (χ4v) is 3.49. The van der Waals surface area contributed by atoms with E-state index in [0.29, 0.717) is 0 Å². The first-order valence-corrected chi connectivity index (χ1v) is 8.33. The molecule has 25 heavy (non-hydrogen) atoms. The van der Waals surface area contributed by atoms with Crippen molar-refractivity contribution in [1.29, 1.82) is 0 Å². The van der Waals surface area contributed by atoms with Gasteiger partial charge in [0.25, 0.3) is 0 Å². The van der Waals surface area contributed by atoms with Crippen molar-refractivity contribution in [1.82, 2.24) is 9.55 Å². The summed E-state index contributed by atoms with van der Waals surface area (Å²) >= 11 is 24.2. The predicted molar refractivity (Wildman–Crippen MR) is 94.0 cm³/mol. The molecule has 0 aliphatic rings. The molecular formula is C16H8Cl4F2N2O. The first-order valence-electron chi connectivity index (χ1n) is 6.82. The number of aliphatic hydroxyl groups is 1. The van der Waals surface area contributed by atoms with Crippen LogP contribution in [-0.4, -0.2) is 14.7 Å². The third-order valence-electron chi connectivity index (χ3n) is 3.50. The van der Waals surface area contributed by atoms with Gasteiger partial charge in [-0.05, 0) is 35.9 Å². The topological polar surface area (TPSA) is 38.1 Å². The van der Waals surface area contributed by atoms with Crippen LogP contribution < -0.4 is 0 Å². The molecule has 1 aromatic heterocycles. The molecule has 0 aliphatic heterocycles. The van der Waals surface area contributed by atoms with Crippen molar-refractivity contribution in [3.63, 3.8) is 0 Å². The highest BCUT2D eigenvalue weighted by Gasteiger charge is 2.28. The molecule has 9 heteroatoms. The Kier molecular flexibility index (Phi) is 5.23. The van der Waals surface area contributed by atoms with Crippen molar-refractivity contribution >= 4 is 46.4 Å². The number of nitrogens with zero attached hydrogens (tertiary/aromatic N) is 2. The maximum absolute atomic E-state index is 14.3. The second kappa shape index (κ2) is 7.09. The van der Waals surface area contributed by atoms with E-state index < -0.39 is 17.7 Å². The van der Waals surface area contributed by atoms with Gasteiger partial charge in [-0.15, -0.1) is 0 Å². The van der Waals surface area contributed by atoms with E-state index >= 15 is 0 Å². The SMILES string of the molecule is OC(c1ccc(F)cc1Cl)c1c(Cl)nc(Cl)n1-c1c(F)cccc1Cl. The summed E-state index contributed by atoms with van der Waals surface area (Å²) in [6.07, 6.45) is -1.45. The minimum atomic E-state index is -1.45. The molecule has 1 unspecified atom stereocenters. The number of benzene rings is 2. The summed E-state index contributed by atoms with van der Waals surface area (Å²) in [5.41, 5.74) is -0.0247. The zero-order valence-electron chi connectivity index (χ0n) is 12.2. The highest BCUT2D eigenvalue weighted by Crippen LogP contribution is 2.38. The maximum Gasteiger partial charge on any atom is 0.209 e. The van der Waals surface area contributed by atoms with E-state index in [-0.39, 0.29) is 37.4 Å². The molecule has 0 bridgehead atoms. The average Bonchev–Trinajstić information content (AvgIpc) is 2.81. The van der Waals surface area contributed by atoms with Gasteiger partial charge < -0.3 is 5.11 Å². The van der Waals surface area contributed by atoms with Gasteiger partial charge in [0, 0.05) is 10.6 Å². The molecule has 1 heterocycles. The van der Waals surface area contributed by atoms with Crippen molar-refractivity contribution in [2.75, 3.05) is 0 Å². The monoisotopic (exact) mass is 422 g/mol. The zero-order chi connectivity index (χ0) is 18.3. The van der Waals surface area contributed by atoms with Gasteiger partial charge >= 0.3 is 0 Å². The largest absolute Gasteiger partial charge is 0.382 e. The standard InChI is InChI=1S/C16H8Cl4F2N2O/c17-9-2-1-3-11(22)12(9)24-13(15(19)23-16(24)20)14(25)8-5-4-7(21)6-10(8)18/h1-6,14,25H. The summed E-state index contributed by atoms with van der Waals surface area (Å²) < 4.78 is 28.6. The molecule has 130 valence electrons. The molecule has 3 aromatic rings. The fraction of sp³-hybridized carbons (Fsp3) is 0.0625. The molecule has 0 fully saturated rings. The van der Waals surface area contributed by atoms with Crippen molar-refractivity contribution in [2.24, 2.45) is 0 Å². The molecule has 0 aliphatic carbocycles. The van der Waals surface area contributed by atoms with Crippen molar-refractivity contribution in [3.05, 3.63) is 79.8 Å². The van der Waals surface area contributed by atoms with Gasteiger partial charge in [-0.3, -0.25) is 4.57 Å². The lowest BCUT2D eigenvalue weighted by molar-refractivity contribution is 0.213. The van der Waals surface area contributed by atoms with Gasteiger partial charge in [0.2, 0.25) is 5.28 Å². The third-order valence-corrected chi connectivity index (χ3v) is 4.67. The van der Waals surface area contributed by atoms with Crippen LogP contribution >= 0.6 is 46.4 Å². The lowest BCUT2D eigenvalue weighted by atomic mass is 10.1. The Morgan fingerprint density at radius 1 is 1.00 bits per heavy atom. The summed E-state index contributed by atoms with van der Waals surface area (Å²) in [5.74, 6) is -1.27. The van der Waals surface area contributed by atoms with Crippen LogP contribution in [0.2, 0.25) is 20.5 Å². The molecule has 0 saturated carbocycles. The van der Waals surface area contributed by atoms with E-state index in [1.165, 1.54) is 24.3 Å². The summed E-state index contributed by atoms with van der Waals surface area (Å²) in [6.45, 7) is 0. The lowest BCUT2D eigenvalue weighted by Gasteiger charge is -2.17. The minimum absolute atomic E-state index is 0.0351. The van der Waals surface area contributed by atoms with E-state index in [0.717, 1.165) is 16.7 Å². The lowest BCUT2D eigenvalue weighted by Crippen LogP contribution is -2.10. The molecule has 1 atom stereocenters. The molecule has 0 amide bonds. The normalized spacial score (nSPS) is 12.4. The minimum Gasteiger partial charge on any atom is -0.382 e. The number of rotatable bonds is 3. The number of imidazole rings is 1. The Labute approximate surface area is 161 Å². The van der Waals surface area contributed by atoms with Crippen LogP contribution in [0.25, 0.3) is 5.69 Å². The van der Waals surface area contributed by atoms with Gasteiger partial charge in [0.1, 0.15) is 23.4 Å². The van der Waals surface area contributed by atoms with Crippen LogP contribution in [0.5, 0.6) is 0 Å². The summed E-state index contributed by atoms with van der Waals surface area (Å²) in [7, 11) is 0. The summed E-state index contributed by atoms with van der Waals surface area (Å²) in [4.78, 5) is 3.85. The molecule has 0 saturated heterocycles. The maximum atomic E-state index is 14.3. The molecule has 1 N–H and O–H groups in total. The molecule has 3 rings (SSSR count). The van der Waals surface area contributed by atoms with E-state index in [2.05, 4.69) is 4.98 Å². The van der Waals surface area contributed by atoms with Crippen LogP contribution in [0.15, 0.2) is 36.4 Å². The third kappa shape index (κ3) is 3.35. The van der Waals surface area contributed by atoms with E-state index in [4.69, 9.17) is 46.4 Å². The van der Waals surface area contributed by atoms with Gasteiger partial charge in [-0.2, -0.15) is 0 Å². The second-order valence-corrected chi connectivity index (χ2v) is 6.54. The quantitative estimate of drug-likeness (QED) is 0.574. The van der Waals surface area contributed by atoms with Crippen molar-refractivity contribution in [3.8, 4) is 5.69 Å². The first kappa shape index (κ1) is 18.4. The molecule has 0 radical (unpaired) electrons. The Bertz CT molecular complexity index is 941. The van der Waals surface area contributed by atoms with E-state index in [1.54, 1.807) is 0 Å². The van der Waals surface area contributed by atoms with E-state index in [9.17, 15) is 13.9 Å². The molecule has 0 spiro atoms. The second-order valence-electron chi connectivity index (χ2n) is 5.03. The van der Waals surface area contributed by atoms with Gasteiger partial charge in [0.05, 0.1) is 10.7 Å². The van der Waals surface area contributed by atoms with Crippen LogP contribution in [0.4, 0.5) is 8.78 Å². The predicted octanol–water partition coefficient (Wildman–Crippen LogP) is 5.85. The Balaban J connectivity index is 2.24. The number of hydrogen-bond donors (Lipinski definition) is 1. The molecular weight excluding hydrogens is 416 g/mol. The van der Waals surface area contributed by atoms with Gasteiger partial charge in [-0.25, -0.2) is 13.8 Å². The number of hydrogen-bond acceptors (Lipinski definition) is 2. The van der Waals surface area contributed by atoms with Gasteiger partial charge in [0.15, 0.2) is 5.15 Å². The summed E-state index contributed by atoms with van der Waals surface area (Å²) in [6, 6.07) is 7.48. The smallest absolute Gasteiger partial charge is 0.209 e. The van der Waals surface area contributed by atoms with Crippen molar-refractivity contribution in [2.45, 2.75) is 6.10 Å². The highest BCUT2D eigenvalue weighted by atomic mass is 35.5. The first-order chi connectivity index (χ1) is 11.8. The summed E-state index contributed by atoms with van der Waals surface area (Å²) in [5, 5.41) is 10.3. The zero-order valence-corrected chi connectivity index (χ0v) is 15.2. The van der Waals surface area contributed by atoms with Crippen LogP contribution in [0.1, 0.15) is 17.4 Å². The number of aliphatic hydroxyl groups excluding tert-OH is 1. The van der Waals surface area contributed by atoms with Crippen LogP contribution in [0.3, 0.4) is 0 Å². The Morgan fingerprint density at radius 2 is 1.72 bits per heavy atom. The number of para-hydroxylation sites is 1. The Hall–Kier alpha value is -1.37. The van der Waals surface area contributed by atoms with Crippen LogP contribution in [-0.2, 0) is 0 Å². The average molecular weight is 424 g/mol. The number of aromatic nitrogens is 2. The van der Waals surface area contributed by atoms with Gasteiger partial charge in [-0.1, -0.05) is 46.9 Å². The van der Waals surface area contributed by atoms with Crippen molar-refractivity contribution < 1.29 is 13.9 Å². The van der Waals surface area contributed by atoms with Crippen LogP contribution in [0, 0.1) is 11.6 Å².